The van der Waals surface area contributed by atoms with E-state index in [2.05, 4.69) is 20.3 Å². The quantitative estimate of drug-likeness (QED) is 0.666. The topological polar surface area (TPSA) is 69.1 Å². The Bertz CT molecular complexity index is 865. The largest absolute Gasteiger partial charge is 0.417 e. The first kappa shape index (κ1) is 16.7. The number of thioether (sulfide) groups is 1. The van der Waals surface area contributed by atoms with E-state index in [0.29, 0.717) is 28.3 Å². The molecule has 3 rings (SSSR count). The van der Waals surface area contributed by atoms with Gasteiger partial charge in [0.2, 0.25) is 5.89 Å². The number of pyridine rings is 1. The molecule has 6 nitrogen and oxygen atoms in total. The summed E-state index contributed by atoms with van der Waals surface area (Å²) in [5.41, 5.74) is -0.661. The van der Waals surface area contributed by atoms with Gasteiger partial charge >= 0.3 is 6.18 Å². The van der Waals surface area contributed by atoms with Crippen molar-refractivity contribution in [2.75, 3.05) is 0 Å². The summed E-state index contributed by atoms with van der Waals surface area (Å²) in [6.07, 6.45) is -3.44. The van der Waals surface area contributed by atoms with Gasteiger partial charge in [-0.25, -0.2) is 0 Å². The van der Waals surface area contributed by atoms with Gasteiger partial charge in [-0.2, -0.15) is 18.2 Å². The highest BCUT2D eigenvalue weighted by molar-refractivity contribution is 7.98. The maximum Gasteiger partial charge on any atom is 0.417 e. The summed E-state index contributed by atoms with van der Waals surface area (Å²) in [7, 11) is 0. The first-order valence-electron chi connectivity index (χ1n) is 7.02. The van der Waals surface area contributed by atoms with E-state index in [9.17, 15) is 13.2 Å². The van der Waals surface area contributed by atoms with Gasteiger partial charge in [0, 0.05) is 11.6 Å². The third kappa shape index (κ3) is 3.37. The molecule has 3 aromatic heterocycles. The van der Waals surface area contributed by atoms with E-state index < -0.39 is 11.7 Å². The number of alkyl halides is 3. The van der Waals surface area contributed by atoms with Crippen molar-refractivity contribution in [2.45, 2.75) is 43.3 Å². The van der Waals surface area contributed by atoms with Gasteiger partial charge in [-0.15, -0.1) is 10.2 Å². The summed E-state index contributed by atoms with van der Waals surface area (Å²) in [4.78, 5) is 4.28. The Morgan fingerprint density at radius 3 is 2.54 bits per heavy atom. The molecule has 0 aliphatic carbocycles. The molecule has 0 saturated carbocycles. The highest BCUT2D eigenvalue weighted by Gasteiger charge is 2.31. The normalized spacial score (nSPS) is 12.9. The molecule has 0 saturated heterocycles. The number of nitrogens with zero attached hydrogens (tertiary/aromatic N) is 5. The van der Waals surface area contributed by atoms with Crippen molar-refractivity contribution >= 4 is 17.4 Å². The van der Waals surface area contributed by atoms with Crippen molar-refractivity contribution in [2.24, 2.45) is 0 Å². The van der Waals surface area contributed by atoms with Crippen molar-refractivity contribution in [3.63, 3.8) is 0 Å². The van der Waals surface area contributed by atoms with E-state index in [1.807, 2.05) is 20.8 Å². The molecule has 0 amide bonds. The summed E-state index contributed by atoms with van der Waals surface area (Å²) in [5.74, 6) is 1.25. The van der Waals surface area contributed by atoms with Crippen molar-refractivity contribution < 1.29 is 17.7 Å². The lowest BCUT2D eigenvalue weighted by Gasteiger charge is -2.10. The fourth-order valence-electron chi connectivity index (χ4n) is 1.88. The zero-order chi connectivity index (χ0) is 17.5. The Morgan fingerprint density at radius 1 is 1.17 bits per heavy atom. The average Bonchev–Trinajstić information content (AvgIpc) is 3.10. The van der Waals surface area contributed by atoms with Crippen molar-refractivity contribution in [1.82, 2.24) is 24.7 Å². The lowest BCUT2D eigenvalue weighted by molar-refractivity contribution is -0.137. The van der Waals surface area contributed by atoms with Crippen molar-refractivity contribution in [3.05, 3.63) is 35.6 Å². The van der Waals surface area contributed by atoms with E-state index in [4.69, 9.17) is 4.52 Å². The number of aromatic nitrogens is 5. The first-order valence-corrected chi connectivity index (χ1v) is 8.01. The summed E-state index contributed by atoms with van der Waals surface area (Å²) in [5, 5.41) is 12.0. The average molecular weight is 357 g/mol. The molecule has 0 radical (unpaired) electrons. The highest BCUT2D eigenvalue weighted by atomic mass is 32.2. The number of hydrogen-bond acceptors (Lipinski definition) is 6. The van der Waals surface area contributed by atoms with Crippen LogP contribution in [0.2, 0.25) is 0 Å². The second-order valence-electron chi connectivity index (χ2n) is 6.18. The second kappa shape index (κ2) is 5.76. The van der Waals surface area contributed by atoms with Gasteiger partial charge in [0.15, 0.2) is 16.6 Å². The molecule has 3 aromatic rings. The molecule has 0 N–H and O–H groups in total. The molecule has 10 heteroatoms. The molecule has 0 spiro atoms. The Hall–Kier alpha value is -2.10. The van der Waals surface area contributed by atoms with Crippen LogP contribution in [0.1, 0.15) is 38.0 Å². The summed E-state index contributed by atoms with van der Waals surface area (Å²) < 4.78 is 44.9. The third-order valence-electron chi connectivity index (χ3n) is 3.16. The van der Waals surface area contributed by atoms with Gasteiger partial charge < -0.3 is 4.52 Å². The van der Waals surface area contributed by atoms with E-state index >= 15 is 0 Å². The molecule has 0 bridgehead atoms. The predicted molar refractivity (Wildman–Crippen MR) is 80.5 cm³/mol. The van der Waals surface area contributed by atoms with E-state index in [-0.39, 0.29) is 5.41 Å². The second-order valence-corrected chi connectivity index (χ2v) is 7.12. The number of fused-ring (bicyclic) bond motifs is 1. The lowest BCUT2D eigenvalue weighted by Crippen LogP contribution is -2.13. The van der Waals surface area contributed by atoms with Crippen LogP contribution < -0.4 is 0 Å². The van der Waals surface area contributed by atoms with Gasteiger partial charge in [0.25, 0.3) is 0 Å². The molecule has 0 aliphatic rings. The van der Waals surface area contributed by atoms with Crippen LogP contribution in [0, 0.1) is 0 Å². The number of hydrogen-bond donors (Lipinski definition) is 0. The Labute approximate surface area is 139 Å². The SMILES string of the molecule is CC(C)(C)c1noc(CSc2nnc3ccc(C(F)(F)F)cn23)n1. The maximum atomic E-state index is 12.8. The monoisotopic (exact) mass is 357 g/mol. The van der Waals surface area contributed by atoms with Gasteiger partial charge in [0.1, 0.15) is 0 Å². The van der Waals surface area contributed by atoms with E-state index in [0.717, 1.165) is 12.3 Å². The summed E-state index contributed by atoms with van der Waals surface area (Å²) in [6.45, 7) is 5.87. The zero-order valence-corrected chi connectivity index (χ0v) is 13.9. The number of rotatable bonds is 3. The fraction of sp³-hybridized carbons (Fsp3) is 0.429. The van der Waals surface area contributed by atoms with Crippen LogP contribution in [0.25, 0.3) is 5.65 Å². The third-order valence-corrected chi connectivity index (χ3v) is 4.09. The maximum absolute atomic E-state index is 12.8. The standard InChI is InChI=1S/C14H14F3N5OS/c1-13(2,3)11-18-10(23-21-11)7-24-12-20-19-9-5-4-8(6-22(9)12)14(15,16)17/h4-6H,7H2,1-3H3. The van der Waals surface area contributed by atoms with Crippen LogP contribution in [0.4, 0.5) is 13.2 Å². The van der Waals surface area contributed by atoms with E-state index in [1.54, 1.807) is 0 Å². The minimum absolute atomic E-state index is 0.240. The minimum atomic E-state index is -4.42. The molecule has 24 heavy (non-hydrogen) atoms. The van der Waals surface area contributed by atoms with Crippen LogP contribution in [-0.2, 0) is 17.3 Å². The molecule has 0 atom stereocenters. The molecule has 0 aromatic carbocycles. The van der Waals surface area contributed by atoms with Crippen LogP contribution in [-0.4, -0.2) is 24.7 Å². The Kier molecular flexibility index (Phi) is 4.02. The van der Waals surface area contributed by atoms with Crippen LogP contribution >= 0.6 is 11.8 Å². The van der Waals surface area contributed by atoms with Crippen LogP contribution in [0.5, 0.6) is 0 Å². The van der Waals surface area contributed by atoms with Gasteiger partial charge in [0.05, 0.1) is 11.3 Å². The van der Waals surface area contributed by atoms with Crippen molar-refractivity contribution in [3.8, 4) is 0 Å². The van der Waals surface area contributed by atoms with Gasteiger partial charge in [-0.05, 0) is 12.1 Å². The molecular weight excluding hydrogens is 343 g/mol. The molecule has 3 heterocycles. The highest BCUT2D eigenvalue weighted by Crippen LogP contribution is 2.30. The lowest BCUT2D eigenvalue weighted by atomic mass is 9.96. The smallest absolute Gasteiger partial charge is 0.338 e. The van der Waals surface area contributed by atoms with Crippen molar-refractivity contribution in [1.29, 1.82) is 0 Å². The van der Waals surface area contributed by atoms with Crippen LogP contribution in [0.15, 0.2) is 28.0 Å². The summed E-state index contributed by atoms with van der Waals surface area (Å²) in [6, 6.07) is 2.26. The molecule has 0 fully saturated rings. The fourth-order valence-corrected chi connectivity index (χ4v) is 2.63. The minimum Gasteiger partial charge on any atom is -0.338 e. The molecule has 0 aliphatic heterocycles. The van der Waals surface area contributed by atoms with E-state index in [1.165, 1.54) is 22.2 Å². The van der Waals surface area contributed by atoms with Crippen LogP contribution in [0.3, 0.4) is 0 Å². The Morgan fingerprint density at radius 2 is 1.92 bits per heavy atom. The van der Waals surface area contributed by atoms with Gasteiger partial charge in [-0.1, -0.05) is 37.7 Å². The van der Waals surface area contributed by atoms with Gasteiger partial charge in [-0.3, -0.25) is 4.40 Å². The molecule has 0 unspecified atom stereocenters. The predicted octanol–water partition coefficient (Wildman–Crippen LogP) is 3.72. The summed E-state index contributed by atoms with van der Waals surface area (Å²) >= 11 is 1.18. The number of halogens is 3. The zero-order valence-electron chi connectivity index (χ0n) is 13.1. The molecular formula is C14H14F3N5OS. The Balaban J connectivity index is 1.81. The first-order chi connectivity index (χ1) is 11.1. The molecule has 128 valence electrons.